The SMILES string of the molecule is N#Cc1ccc(NCc2ccc([N+](=O)[O-])cc2Br)c(Cl)c1. The molecule has 5 nitrogen and oxygen atoms in total. The van der Waals surface area contributed by atoms with Crippen LogP contribution in [0.2, 0.25) is 5.02 Å². The first-order chi connectivity index (χ1) is 10.0. The number of hydrogen-bond acceptors (Lipinski definition) is 4. The van der Waals surface area contributed by atoms with E-state index < -0.39 is 4.92 Å². The summed E-state index contributed by atoms with van der Waals surface area (Å²) >= 11 is 9.38. The lowest BCUT2D eigenvalue weighted by molar-refractivity contribution is -0.384. The van der Waals surface area contributed by atoms with Crippen LogP contribution in [0.15, 0.2) is 40.9 Å². The molecule has 0 saturated carbocycles. The number of rotatable bonds is 4. The summed E-state index contributed by atoms with van der Waals surface area (Å²) in [6.07, 6.45) is 0. The molecule has 0 aliphatic heterocycles. The lowest BCUT2D eigenvalue weighted by atomic mass is 10.2. The number of non-ortho nitro benzene ring substituents is 1. The second kappa shape index (κ2) is 6.57. The lowest BCUT2D eigenvalue weighted by Gasteiger charge is -2.10. The highest BCUT2D eigenvalue weighted by molar-refractivity contribution is 9.10. The molecule has 7 heteroatoms. The molecule has 0 fully saturated rings. The van der Waals surface area contributed by atoms with Crippen LogP contribution in [-0.4, -0.2) is 4.92 Å². The Balaban J connectivity index is 2.13. The van der Waals surface area contributed by atoms with Crippen molar-refractivity contribution in [2.45, 2.75) is 6.54 Å². The topological polar surface area (TPSA) is 79.0 Å². The molecule has 0 bridgehead atoms. The first kappa shape index (κ1) is 15.3. The van der Waals surface area contributed by atoms with Crippen molar-refractivity contribution in [2.24, 2.45) is 0 Å². The zero-order valence-corrected chi connectivity index (χ0v) is 13.0. The Kier molecular flexibility index (Phi) is 4.78. The minimum absolute atomic E-state index is 0.0297. The number of nitrogens with one attached hydrogen (secondary N) is 1. The molecule has 0 atom stereocenters. The maximum atomic E-state index is 10.7. The summed E-state index contributed by atoms with van der Waals surface area (Å²) in [5.74, 6) is 0. The van der Waals surface area contributed by atoms with E-state index in [0.717, 1.165) is 5.56 Å². The number of nitro groups is 1. The van der Waals surface area contributed by atoms with Crippen molar-refractivity contribution in [3.63, 3.8) is 0 Å². The predicted molar refractivity (Wildman–Crippen MR) is 84.3 cm³/mol. The monoisotopic (exact) mass is 365 g/mol. The summed E-state index contributed by atoms with van der Waals surface area (Å²) in [4.78, 5) is 10.2. The second-order valence-electron chi connectivity index (χ2n) is 4.19. The van der Waals surface area contributed by atoms with E-state index in [9.17, 15) is 10.1 Å². The van der Waals surface area contributed by atoms with Gasteiger partial charge in [-0.25, -0.2) is 0 Å². The molecule has 0 amide bonds. The van der Waals surface area contributed by atoms with Gasteiger partial charge in [-0.3, -0.25) is 10.1 Å². The Morgan fingerprint density at radius 3 is 2.67 bits per heavy atom. The molecule has 21 heavy (non-hydrogen) atoms. The highest BCUT2D eigenvalue weighted by Crippen LogP contribution is 2.26. The van der Waals surface area contributed by atoms with Gasteiger partial charge in [-0.15, -0.1) is 0 Å². The molecule has 2 aromatic rings. The zero-order valence-electron chi connectivity index (χ0n) is 10.6. The standard InChI is InChI=1S/C14H9BrClN3O2/c15-12-6-11(19(20)21)3-2-10(12)8-18-14-4-1-9(7-17)5-13(14)16/h1-6,18H,8H2. The average Bonchev–Trinajstić information content (AvgIpc) is 2.46. The third kappa shape index (κ3) is 3.72. The van der Waals surface area contributed by atoms with E-state index in [-0.39, 0.29) is 5.69 Å². The molecule has 0 saturated heterocycles. The number of nitriles is 1. The maximum absolute atomic E-state index is 10.7. The van der Waals surface area contributed by atoms with Crippen LogP contribution in [0.25, 0.3) is 0 Å². The van der Waals surface area contributed by atoms with E-state index in [4.69, 9.17) is 16.9 Å². The van der Waals surface area contributed by atoms with E-state index in [1.54, 1.807) is 24.3 Å². The highest BCUT2D eigenvalue weighted by atomic mass is 79.9. The van der Waals surface area contributed by atoms with E-state index in [1.807, 2.05) is 6.07 Å². The molecule has 0 unspecified atom stereocenters. The smallest absolute Gasteiger partial charge is 0.270 e. The zero-order chi connectivity index (χ0) is 15.4. The molecule has 0 spiro atoms. The Morgan fingerprint density at radius 1 is 1.33 bits per heavy atom. The maximum Gasteiger partial charge on any atom is 0.270 e. The third-order valence-corrected chi connectivity index (χ3v) is 3.87. The quantitative estimate of drug-likeness (QED) is 0.638. The molecule has 0 radical (unpaired) electrons. The second-order valence-corrected chi connectivity index (χ2v) is 5.45. The van der Waals surface area contributed by atoms with Crippen molar-refractivity contribution in [1.29, 1.82) is 5.26 Å². The molecule has 0 aliphatic carbocycles. The van der Waals surface area contributed by atoms with E-state index >= 15 is 0 Å². The Labute approximate surface area is 134 Å². The van der Waals surface area contributed by atoms with Crippen LogP contribution in [0.5, 0.6) is 0 Å². The van der Waals surface area contributed by atoms with Gasteiger partial charge in [-0.05, 0) is 29.8 Å². The molecule has 106 valence electrons. The molecular weight excluding hydrogens is 358 g/mol. The van der Waals surface area contributed by atoms with Gasteiger partial charge < -0.3 is 5.32 Å². The Bertz CT molecular complexity index is 743. The first-order valence-corrected chi connectivity index (χ1v) is 7.04. The summed E-state index contributed by atoms with van der Waals surface area (Å²) in [7, 11) is 0. The highest BCUT2D eigenvalue weighted by Gasteiger charge is 2.09. The molecule has 0 aromatic heterocycles. The molecule has 0 heterocycles. The van der Waals surface area contributed by atoms with Crippen LogP contribution in [0.1, 0.15) is 11.1 Å². The van der Waals surface area contributed by atoms with Gasteiger partial charge in [0.05, 0.1) is 27.3 Å². The van der Waals surface area contributed by atoms with Crippen molar-refractivity contribution in [1.82, 2.24) is 0 Å². The first-order valence-electron chi connectivity index (χ1n) is 5.87. The van der Waals surface area contributed by atoms with Crippen LogP contribution in [-0.2, 0) is 6.54 Å². The van der Waals surface area contributed by atoms with Gasteiger partial charge in [0.1, 0.15) is 0 Å². The summed E-state index contributed by atoms with van der Waals surface area (Å²) in [5, 5.41) is 23.0. The van der Waals surface area contributed by atoms with Crippen LogP contribution in [0, 0.1) is 21.4 Å². The van der Waals surface area contributed by atoms with Crippen molar-refractivity contribution in [3.05, 3.63) is 67.1 Å². The van der Waals surface area contributed by atoms with Crippen LogP contribution in [0.3, 0.4) is 0 Å². The van der Waals surface area contributed by atoms with Gasteiger partial charge >= 0.3 is 0 Å². The van der Waals surface area contributed by atoms with E-state index in [2.05, 4.69) is 21.2 Å². The van der Waals surface area contributed by atoms with Crippen LogP contribution < -0.4 is 5.32 Å². The summed E-state index contributed by atoms with van der Waals surface area (Å²) in [6.45, 7) is 0.449. The largest absolute Gasteiger partial charge is 0.380 e. The normalized spacial score (nSPS) is 9.95. The molecule has 0 aliphatic rings. The minimum atomic E-state index is -0.445. The number of nitro benzene ring substituents is 1. The predicted octanol–water partition coefficient (Wildman–Crippen LogP) is 4.49. The Hall–Kier alpha value is -2.10. The fourth-order valence-electron chi connectivity index (χ4n) is 1.71. The summed E-state index contributed by atoms with van der Waals surface area (Å²) < 4.78 is 0.647. The van der Waals surface area contributed by atoms with Crippen molar-refractivity contribution in [3.8, 4) is 6.07 Å². The minimum Gasteiger partial charge on any atom is -0.380 e. The van der Waals surface area contributed by atoms with Gasteiger partial charge in [0, 0.05) is 23.2 Å². The lowest BCUT2D eigenvalue weighted by Crippen LogP contribution is -2.01. The van der Waals surface area contributed by atoms with Crippen molar-refractivity contribution < 1.29 is 4.92 Å². The van der Waals surface area contributed by atoms with Crippen molar-refractivity contribution in [2.75, 3.05) is 5.32 Å². The van der Waals surface area contributed by atoms with Gasteiger partial charge in [-0.2, -0.15) is 5.26 Å². The molecular formula is C14H9BrClN3O2. The summed E-state index contributed by atoms with van der Waals surface area (Å²) in [6, 6.07) is 11.6. The number of nitrogens with zero attached hydrogens (tertiary/aromatic N) is 2. The third-order valence-electron chi connectivity index (χ3n) is 2.81. The van der Waals surface area contributed by atoms with Crippen molar-refractivity contribution >= 4 is 38.9 Å². The van der Waals surface area contributed by atoms with E-state index in [0.29, 0.717) is 27.3 Å². The van der Waals surface area contributed by atoms with Gasteiger partial charge in [-0.1, -0.05) is 27.5 Å². The number of anilines is 1. The molecule has 2 rings (SSSR count). The van der Waals surface area contributed by atoms with Gasteiger partial charge in [0.25, 0.3) is 5.69 Å². The molecule has 2 aromatic carbocycles. The fraction of sp³-hybridized carbons (Fsp3) is 0.0714. The Morgan fingerprint density at radius 2 is 2.10 bits per heavy atom. The molecule has 1 N–H and O–H groups in total. The summed E-state index contributed by atoms with van der Waals surface area (Å²) in [5.41, 5.74) is 2.08. The number of benzene rings is 2. The van der Waals surface area contributed by atoms with Crippen LogP contribution >= 0.6 is 27.5 Å². The number of halogens is 2. The average molecular weight is 367 g/mol. The van der Waals surface area contributed by atoms with Crippen LogP contribution in [0.4, 0.5) is 11.4 Å². The number of hydrogen-bond donors (Lipinski definition) is 1. The fourth-order valence-corrected chi connectivity index (χ4v) is 2.47. The van der Waals surface area contributed by atoms with E-state index in [1.165, 1.54) is 12.1 Å². The van der Waals surface area contributed by atoms with Gasteiger partial charge in [0.2, 0.25) is 0 Å². The van der Waals surface area contributed by atoms with Gasteiger partial charge in [0.15, 0.2) is 0 Å².